The van der Waals surface area contributed by atoms with Crippen molar-refractivity contribution in [3.8, 4) is 0 Å². The molecule has 4 heteroatoms. The van der Waals surface area contributed by atoms with Crippen LogP contribution in [0.4, 0.5) is 0 Å². The SMILES string of the molecule is Cc1[nH]c(CO)c(C)c1CCC(=O)O. The van der Waals surface area contributed by atoms with Gasteiger partial charge in [0.1, 0.15) is 0 Å². The summed E-state index contributed by atoms with van der Waals surface area (Å²) in [4.78, 5) is 13.5. The number of aryl methyl sites for hydroxylation is 1. The van der Waals surface area contributed by atoms with E-state index in [1.165, 1.54) is 0 Å². The molecule has 1 rings (SSSR count). The van der Waals surface area contributed by atoms with Gasteiger partial charge in [0.2, 0.25) is 0 Å². The number of H-pyrrole nitrogens is 1. The van der Waals surface area contributed by atoms with Crippen molar-refractivity contribution in [3.63, 3.8) is 0 Å². The van der Waals surface area contributed by atoms with Gasteiger partial charge in [0, 0.05) is 17.8 Å². The highest BCUT2D eigenvalue weighted by Crippen LogP contribution is 2.19. The smallest absolute Gasteiger partial charge is 0.303 e. The van der Waals surface area contributed by atoms with Crippen LogP contribution in [0.3, 0.4) is 0 Å². The Morgan fingerprint density at radius 2 is 2.07 bits per heavy atom. The second-order valence-electron chi connectivity index (χ2n) is 3.38. The Morgan fingerprint density at radius 1 is 1.43 bits per heavy atom. The molecule has 78 valence electrons. The molecule has 0 aliphatic heterocycles. The molecule has 14 heavy (non-hydrogen) atoms. The van der Waals surface area contributed by atoms with E-state index in [0.29, 0.717) is 6.42 Å². The van der Waals surface area contributed by atoms with Crippen molar-refractivity contribution in [2.45, 2.75) is 33.3 Å². The van der Waals surface area contributed by atoms with Crippen molar-refractivity contribution in [3.05, 3.63) is 22.5 Å². The molecule has 0 saturated heterocycles. The Balaban J connectivity index is 2.85. The molecular weight excluding hydrogens is 182 g/mol. The van der Waals surface area contributed by atoms with Crippen molar-refractivity contribution in [1.29, 1.82) is 0 Å². The minimum Gasteiger partial charge on any atom is -0.481 e. The van der Waals surface area contributed by atoms with Crippen LogP contribution >= 0.6 is 0 Å². The number of hydrogen-bond acceptors (Lipinski definition) is 2. The maximum atomic E-state index is 10.4. The number of rotatable bonds is 4. The average Bonchev–Trinajstić information content (AvgIpc) is 2.39. The van der Waals surface area contributed by atoms with Crippen LogP contribution in [0.1, 0.15) is 28.9 Å². The zero-order chi connectivity index (χ0) is 10.7. The summed E-state index contributed by atoms with van der Waals surface area (Å²) in [7, 11) is 0. The lowest BCUT2D eigenvalue weighted by atomic mass is 10.1. The number of carbonyl (C=O) groups is 1. The number of aromatic nitrogens is 1. The third-order valence-corrected chi connectivity index (χ3v) is 2.44. The Bertz CT molecular complexity index is 341. The number of carboxylic acid groups (broad SMARTS) is 1. The fourth-order valence-electron chi connectivity index (χ4n) is 1.62. The van der Waals surface area contributed by atoms with Gasteiger partial charge in [0.15, 0.2) is 0 Å². The number of hydrogen-bond donors (Lipinski definition) is 3. The van der Waals surface area contributed by atoms with E-state index >= 15 is 0 Å². The molecule has 1 aromatic heterocycles. The van der Waals surface area contributed by atoms with Gasteiger partial charge in [-0.05, 0) is 31.4 Å². The van der Waals surface area contributed by atoms with E-state index in [9.17, 15) is 4.79 Å². The van der Waals surface area contributed by atoms with E-state index in [0.717, 1.165) is 22.5 Å². The molecule has 0 aromatic carbocycles. The van der Waals surface area contributed by atoms with Gasteiger partial charge in [0.25, 0.3) is 0 Å². The summed E-state index contributed by atoms with van der Waals surface area (Å²) in [6.45, 7) is 3.76. The molecular formula is C10H15NO3. The van der Waals surface area contributed by atoms with Crippen LogP contribution in [0.5, 0.6) is 0 Å². The predicted molar refractivity (Wildman–Crippen MR) is 52.1 cm³/mol. The van der Waals surface area contributed by atoms with Crippen LogP contribution in [0.25, 0.3) is 0 Å². The van der Waals surface area contributed by atoms with Crippen molar-refractivity contribution in [2.75, 3.05) is 0 Å². The largest absolute Gasteiger partial charge is 0.481 e. The summed E-state index contributed by atoms with van der Waals surface area (Å²) in [5.41, 5.74) is 3.72. The molecule has 1 aromatic rings. The monoisotopic (exact) mass is 197 g/mol. The fourth-order valence-corrected chi connectivity index (χ4v) is 1.62. The zero-order valence-corrected chi connectivity index (χ0v) is 8.42. The third-order valence-electron chi connectivity index (χ3n) is 2.44. The van der Waals surface area contributed by atoms with Crippen molar-refractivity contribution in [1.82, 2.24) is 4.98 Å². The van der Waals surface area contributed by atoms with E-state index in [1.54, 1.807) is 0 Å². The van der Waals surface area contributed by atoms with Crippen molar-refractivity contribution < 1.29 is 15.0 Å². The molecule has 1 heterocycles. The van der Waals surface area contributed by atoms with Crippen LogP contribution in [-0.2, 0) is 17.8 Å². The number of aliphatic hydroxyl groups is 1. The predicted octanol–water partition coefficient (Wildman–Crippen LogP) is 1.14. The topological polar surface area (TPSA) is 73.3 Å². The van der Waals surface area contributed by atoms with Crippen LogP contribution in [0, 0.1) is 13.8 Å². The summed E-state index contributed by atoms with van der Waals surface area (Å²) >= 11 is 0. The molecule has 0 unspecified atom stereocenters. The minimum absolute atomic E-state index is 0.0280. The molecule has 0 atom stereocenters. The Kier molecular flexibility index (Phi) is 3.30. The molecule has 0 fully saturated rings. The van der Waals surface area contributed by atoms with E-state index in [1.807, 2.05) is 13.8 Å². The lowest BCUT2D eigenvalue weighted by Gasteiger charge is -1.99. The van der Waals surface area contributed by atoms with Crippen molar-refractivity contribution in [2.24, 2.45) is 0 Å². The van der Waals surface area contributed by atoms with Gasteiger partial charge in [0.05, 0.1) is 6.61 Å². The Hall–Kier alpha value is -1.29. The molecule has 0 radical (unpaired) electrons. The van der Waals surface area contributed by atoms with E-state index in [2.05, 4.69) is 4.98 Å². The highest BCUT2D eigenvalue weighted by atomic mass is 16.4. The summed E-state index contributed by atoms with van der Waals surface area (Å²) in [5, 5.41) is 17.5. The maximum absolute atomic E-state index is 10.4. The number of aliphatic hydroxyl groups excluding tert-OH is 1. The van der Waals surface area contributed by atoms with E-state index < -0.39 is 5.97 Å². The summed E-state index contributed by atoms with van der Waals surface area (Å²) in [6, 6.07) is 0. The van der Waals surface area contributed by atoms with Crippen LogP contribution in [0.15, 0.2) is 0 Å². The standard InChI is InChI=1S/C10H15NO3/c1-6-8(3-4-10(13)14)7(2)11-9(6)5-12/h11-12H,3-5H2,1-2H3,(H,13,14). The van der Waals surface area contributed by atoms with Crippen LogP contribution < -0.4 is 0 Å². The first-order valence-electron chi connectivity index (χ1n) is 4.55. The van der Waals surface area contributed by atoms with Gasteiger partial charge in [-0.2, -0.15) is 0 Å². The van der Waals surface area contributed by atoms with Gasteiger partial charge in [-0.1, -0.05) is 0 Å². The number of aliphatic carboxylic acids is 1. The normalized spacial score (nSPS) is 10.5. The third kappa shape index (κ3) is 2.14. The first-order chi connectivity index (χ1) is 6.56. The van der Waals surface area contributed by atoms with Gasteiger partial charge >= 0.3 is 5.97 Å². The van der Waals surface area contributed by atoms with Gasteiger partial charge in [-0.3, -0.25) is 4.79 Å². The Labute approximate surface area is 82.6 Å². The maximum Gasteiger partial charge on any atom is 0.303 e. The number of nitrogens with one attached hydrogen (secondary N) is 1. The van der Waals surface area contributed by atoms with E-state index in [-0.39, 0.29) is 13.0 Å². The summed E-state index contributed by atoms with van der Waals surface area (Å²) < 4.78 is 0. The second-order valence-corrected chi connectivity index (χ2v) is 3.38. The summed E-state index contributed by atoms with van der Waals surface area (Å²) in [5.74, 6) is -0.796. The number of carboxylic acids is 1. The zero-order valence-electron chi connectivity index (χ0n) is 8.42. The lowest BCUT2D eigenvalue weighted by molar-refractivity contribution is -0.136. The quantitative estimate of drug-likeness (QED) is 0.677. The molecule has 3 N–H and O–H groups in total. The first kappa shape index (κ1) is 10.8. The fraction of sp³-hybridized carbons (Fsp3) is 0.500. The Morgan fingerprint density at radius 3 is 2.50 bits per heavy atom. The molecule has 0 spiro atoms. The van der Waals surface area contributed by atoms with E-state index in [4.69, 9.17) is 10.2 Å². The van der Waals surface area contributed by atoms with Crippen LogP contribution in [-0.4, -0.2) is 21.2 Å². The average molecular weight is 197 g/mol. The molecule has 0 aliphatic rings. The molecule has 0 aliphatic carbocycles. The molecule has 4 nitrogen and oxygen atoms in total. The lowest BCUT2D eigenvalue weighted by Crippen LogP contribution is -1.99. The second kappa shape index (κ2) is 4.28. The van der Waals surface area contributed by atoms with Gasteiger partial charge in [-0.15, -0.1) is 0 Å². The molecule has 0 saturated carbocycles. The highest BCUT2D eigenvalue weighted by Gasteiger charge is 2.11. The molecule has 0 bridgehead atoms. The number of aromatic amines is 1. The van der Waals surface area contributed by atoms with Gasteiger partial charge < -0.3 is 15.2 Å². The van der Waals surface area contributed by atoms with Crippen LogP contribution in [0.2, 0.25) is 0 Å². The van der Waals surface area contributed by atoms with Gasteiger partial charge in [-0.25, -0.2) is 0 Å². The first-order valence-corrected chi connectivity index (χ1v) is 4.55. The van der Waals surface area contributed by atoms with Crippen molar-refractivity contribution >= 4 is 5.97 Å². The highest BCUT2D eigenvalue weighted by molar-refractivity contribution is 5.67. The molecule has 0 amide bonds. The minimum atomic E-state index is -0.796. The summed E-state index contributed by atoms with van der Waals surface area (Å²) in [6.07, 6.45) is 0.647.